The number of unbranched alkanes of at least 4 members (excludes halogenated alkanes) is 4. The van der Waals surface area contributed by atoms with Crippen molar-refractivity contribution in [3.8, 4) is 5.75 Å². The first-order valence-electron chi connectivity index (χ1n) is 11.7. The molecule has 5 heteroatoms. The number of carbonyl (C=O) groups is 1. The van der Waals surface area contributed by atoms with Gasteiger partial charge in [-0.05, 0) is 44.2 Å². The van der Waals surface area contributed by atoms with Gasteiger partial charge in [0, 0.05) is 0 Å². The summed E-state index contributed by atoms with van der Waals surface area (Å²) in [5.74, 6) is 0.712. The van der Waals surface area contributed by atoms with Crippen molar-refractivity contribution in [2.45, 2.75) is 71.6 Å². The fourth-order valence-corrected chi connectivity index (χ4v) is 4.12. The van der Waals surface area contributed by atoms with Gasteiger partial charge in [-0.2, -0.15) is 0 Å². The Bertz CT molecular complexity index is 585. The molecule has 1 aromatic rings. The SMILES string of the molecule is CCCCCCOc1ccccc1NC(=O)OCC[N+]1(CCCC)CCCCC1. The number of para-hydroxylation sites is 2. The monoisotopic (exact) mass is 405 g/mol. The minimum Gasteiger partial charge on any atom is -0.491 e. The van der Waals surface area contributed by atoms with Crippen molar-refractivity contribution >= 4 is 11.8 Å². The summed E-state index contributed by atoms with van der Waals surface area (Å²) in [6.45, 7) is 10.2. The molecule has 164 valence electrons. The largest absolute Gasteiger partial charge is 0.491 e. The molecule has 0 bridgehead atoms. The van der Waals surface area contributed by atoms with E-state index >= 15 is 0 Å². The topological polar surface area (TPSA) is 47.6 Å². The van der Waals surface area contributed by atoms with E-state index in [-0.39, 0.29) is 0 Å². The molecule has 1 N–H and O–H groups in total. The van der Waals surface area contributed by atoms with Gasteiger partial charge in [0.1, 0.15) is 18.9 Å². The minimum absolute atomic E-state index is 0.391. The van der Waals surface area contributed by atoms with E-state index in [1.54, 1.807) is 0 Å². The molecule has 1 aromatic carbocycles. The van der Waals surface area contributed by atoms with Gasteiger partial charge in [0.2, 0.25) is 0 Å². The van der Waals surface area contributed by atoms with E-state index in [1.807, 2.05) is 24.3 Å². The Hall–Kier alpha value is -1.75. The predicted molar refractivity (Wildman–Crippen MR) is 120 cm³/mol. The molecule has 1 amide bonds. The van der Waals surface area contributed by atoms with Gasteiger partial charge in [0.05, 0.1) is 31.9 Å². The number of nitrogens with one attached hydrogen (secondary N) is 1. The second-order valence-electron chi connectivity index (χ2n) is 8.32. The summed E-state index contributed by atoms with van der Waals surface area (Å²) in [6, 6.07) is 7.59. The quantitative estimate of drug-likeness (QED) is 0.324. The van der Waals surface area contributed by atoms with Crippen molar-refractivity contribution in [3.05, 3.63) is 24.3 Å². The van der Waals surface area contributed by atoms with Crippen molar-refractivity contribution in [2.24, 2.45) is 0 Å². The predicted octanol–water partition coefficient (Wildman–Crippen LogP) is 6.00. The zero-order chi connectivity index (χ0) is 20.8. The van der Waals surface area contributed by atoms with Gasteiger partial charge in [0.25, 0.3) is 0 Å². The Morgan fingerprint density at radius 2 is 1.69 bits per heavy atom. The zero-order valence-electron chi connectivity index (χ0n) is 18.6. The number of hydrogen-bond donors (Lipinski definition) is 1. The maximum Gasteiger partial charge on any atom is 0.411 e. The highest BCUT2D eigenvalue weighted by Crippen LogP contribution is 2.24. The molecule has 29 heavy (non-hydrogen) atoms. The highest BCUT2D eigenvalue weighted by atomic mass is 16.5. The van der Waals surface area contributed by atoms with Crippen LogP contribution in [0.5, 0.6) is 5.75 Å². The van der Waals surface area contributed by atoms with E-state index < -0.39 is 6.09 Å². The first kappa shape index (κ1) is 23.5. The number of hydrogen-bond acceptors (Lipinski definition) is 3. The third-order valence-electron chi connectivity index (χ3n) is 5.93. The summed E-state index contributed by atoms with van der Waals surface area (Å²) in [7, 11) is 0. The van der Waals surface area contributed by atoms with Crippen LogP contribution in [0.3, 0.4) is 0 Å². The van der Waals surface area contributed by atoms with E-state index in [2.05, 4.69) is 19.2 Å². The highest BCUT2D eigenvalue weighted by molar-refractivity contribution is 5.86. The first-order valence-corrected chi connectivity index (χ1v) is 11.7. The minimum atomic E-state index is -0.391. The number of carbonyl (C=O) groups excluding carboxylic acids is 1. The van der Waals surface area contributed by atoms with Crippen molar-refractivity contribution < 1.29 is 18.8 Å². The molecule has 1 saturated heterocycles. The molecule has 1 fully saturated rings. The number of amides is 1. The van der Waals surface area contributed by atoms with Gasteiger partial charge in [-0.1, -0.05) is 51.7 Å². The van der Waals surface area contributed by atoms with Crippen LogP contribution in [0.15, 0.2) is 24.3 Å². The van der Waals surface area contributed by atoms with E-state index in [9.17, 15) is 4.79 Å². The van der Waals surface area contributed by atoms with Crippen molar-refractivity contribution in [2.75, 3.05) is 44.7 Å². The lowest BCUT2D eigenvalue weighted by molar-refractivity contribution is -0.932. The molecular weight excluding hydrogens is 364 g/mol. The Kier molecular flexibility index (Phi) is 10.9. The molecule has 5 nitrogen and oxygen atoms in total. The molecule has 0 unspecified atom stereocenters. The van der Waals surface area contributed by atoms with E-state index in [1.165, 1.54) is 71.0 Å². The molecule has 0 saturated carbocycles. The standard InChI is InChI=1S/C24H40N2O3/c1-3-5-7-13-20-28-23-15-10-9-14-22(23)25-24(27)29-21-19-26(16-6-4-2)17-11-8-12-18-26/h9-10,14-15H,3-8,11-13,16-21H2,1-2H3/p+1. The number of benzene rings is 1. The maximum absolute atomic E-state index is 12.3. The maximum atomic E-state index is 12.3. The van der Waals surface area contributed by atoms with Crippen LogP contribution < -0.4 is 10.1 Å². The number of piperidine rings is 1. The van der Waals surface area contributed by atoms with Gasteiger partial charge in [-0.15, -0.1) is 0 Å². The average Bonchev–Trinajstić information content (AvgIpc) is 2.74. The number of likely N-dealkylation sites (tertiary alicyclic amines) is 1. The fourth-order valence-electron chi connectivity index (χ4n) is 4.12. The van der Waals surface area contributed by atoms with Crippen LogP contribution in [0.4, 0.5) is 10.5 Å². The number of rotatable bonds is 13. The summed E-state index contributed by atoms with van der Waals surface area (Å²) >= 11 is 0. The Morgan fingerprint density at radius 1 is 0.931 bits per heavy atom. The Balaban J connectivity index is 1.78. The lowest BCUT2D eigenvalue weighted by atomic mass is 10.1. The number of nitrogens with zero attached hydrogens (tertiary/aromatic N) is 1. The second-order valence-corrected chi connectivity index (χ2v) is 8.32. The number of anilines is 1. The fraction of sp³-hybridized carbons (Fsp3) is 0.708. The lowest BCUT2D eigenvalue weighted by Crippen LogP contribution is -2.53. The molecule has 1 aliphatic heterocycles. The van der Waals surface area contributed by atoms with E-state index in [0.717, 1.165) is 17.4 Å². The third-order valence-corrected chi connectivity index (χ3v) is 5.93. The van der Waals surface area contributed by atoms with Gasteiger partial charge >= 0.3 is 6.09 Å². The normalized spacial score (nSPS) is 15.7. The number of ether oxygens (including phenoxy) is 2. The Labute approximate surface area is 177 Å². The molecule has 1 heterocycles. The average molecular weight is 406 g/mol. The molecule has 0 aliphatic carbocycles. The zero-order valence-corrected chi connectivity index (χ0v) is 18.6. The lowest BCUT2D eigenvalue weighted by Gasteiger charge is -2.41. The van der Waals surface area contributed by atoms with Crippen LogP contribution in [-0.2, 0) is 4.74 Å². The van der Waals surface area contributed by atoms with Crippen LogP contribution in [-0.4, -0.2) is 50.0 Å². The van der Waals surface area contributed by atoms with Crippen LogP contribution in [0.25, 0.3) is 0 Å². The van der Waals surface area contributed by atoms with Crippen molar-refractivity contribution in [3.63, 3.8) is 0 Å². The van der Waals surface area contributed by atoms with Gasteiger partial charge in [-0.25, -0.2) is 4.79 Å². The van der Waals surface area contributed by atoms with Gasteiger partial charge in [-0.3, -0.25) is 5.32 Å². The Morgan fingerprint density at radius 3 is 2.45 bits per heavy atom. The van der Waals surface area contributed by atoms with Crippen LogP contribution in [0.1, 0.15) is 71.6 Å². The highest BCUT2D eigenvalue weighted by Gasteiger charge is 2.29. The van der Waals surface area contributed by atoms with Crippen LogP contribution >= 0.6 is 0 Å². The summed E-state index contributed by atoms with van der Waals surface area (Å²) in [6.07, 6.45) is 10.6. The van der Waals surface area contributed by atoms with E-state index in [4.69, 9.17) is 9.47 Å². The van der Waals surface area contributed by atoms with Crippen LogP contribution in [0, 0.1) is 0 Å². The summed E-state index contributed by atoms with van der Waals surface area (Å²) in [5, 5.41) is 2.86. The first-order chi connectivity index (χ1) is 14.2. The van der Waals surface area contributed by atoms with Gasteiger partial charge < -0.3 is 14.0 Å². The van der Waals surface area contributed by atoms with Crippen molar-refractivity contribution in [1.29, 1.82) is 0 Å². The van der Waals surface area contributed by atoms with Crippen molar-refractivity contribution in [1.82, 2.24) is 0 Å². The summed E-state index contributed by atoms with van der Waals surface area (Å²) < 4.78 is 12.5. The molecule has 1 aliphatic rings. The number of quaternary nitrogens is 1. The molecule has 2 rings (SSSR count). The van der Waals surface area contributed by atoms with Gasteiger partial charge in [0.15, 0.2) is 0 Å². The molecule has 0 aromatic heterocycles. The van der Waals surface area contributed by atoms with Crippen LogP contribution in [0.2, 0.25) is 0 Å². The smallest absolute Gasteiger partial charge is 0.411 e. The summed E-state index contributed by atoms with van der Waals surface area (Å²) in [4.78, 5) is 12.3. The van der Waals surface area contributed by atoms with E-state index in [0.29, 0.717) is 24.7 Å². The molecular formula is C24H41N2O3+. The third kappa shape index (κ3) is 8.65. The second kappa shape index (κ2) is 13.5. The molecule has 0 atom stereocenters. The molecule has 0 radical (unpaired) electrons. The summed E-state index contributed by atoms with van der Waals surface area (Å²) in [5.41, 5.74) is 0.681. The molecule has 0 spiro atoms.